The first-order valence-corrected chi connectivity index (χ1v) is 6.40. The van der Waals surface area contributed by atoms with Crippen molar-refractivity contribution in [2.24, 2.45) is 0 Å². The zero-order valence-corrected chi connectivity index (χ0v) is 10.8. The van der Waals surface area contributed by atoms with Crippen molar-refractivity contribution in [1.29, 1.82) is 0 Å². The minimum atomic E-state index is -1.46. The molecule has 0 fully saturated rings. The highest BCUT2D eigenvalue weighted by atomic mass is 16.5. The van der Waals surface area contributed by atoms with E-state index >= 15 is 0 Å². The van der Waals surface area contributed by atoms with Crippen LogP contribution in [0, 0.1) is 0 Å². The molecule has 0 heterocycles. The summed E-state index contributed by atoms with van der Waals surface area (Å²) in [6.45, 7) is 3.95. The Hall–Kier alpha value is -1.04. The van der Waals surface area contributed by atoms with E-state index in [4.69, 9.17) is 19.5 Å². The van der Waals surface area contributed by atoms with E-state index in [-0.39, 0.29) is 0 Å². The maximum absolute atomic E-state index is 9.02. The Labute approximate surface area is 109 Å². The molecule has 100 valence electrons. The van der Waals surface area contributed by atoms with Crippen LogP contribution < -0.4 is 10.2 Å². The summed E-state index contributed by atoms with van der Waals surface area (Å²) < 4.78 is 10.9. The zero-order chi connectivity index (χ0) is 13.2. The predicted octanol–water partition coefficient (Wildman–Crippen LogP) is 0.952. The van der Waals surface area contributed by atoms with Crippen LogP contribution in [0.5, 0.6) is 5.75 Å². The van der Waals surface area contributed by atoms with Crippen LogP contribution in [0.4, 0.5) is 0 Å². The standard InChI is InChI=1S/C13H21BO4/c1-2-3-4-8-17-9-10-18-13-7-5-6-12(11-13)14(15)16/h5-7,11,15-16H,2-4,8-10H2,1H3. The second-order valence-electron chi connectivity index (χ2n) is 4.11. The Morgan fingerprint density at radius 2 is 1.94 bits per heavy atom. The highest BCUT2D eigenvalue weighted by Gasteiger charge is 2.10. The third-order valence-electron chi connectivity index (χ3n) is 2.54. The molecule has 0 aliphatic heterocycles. The molecule has 5 heteroatoms. The first-order chi connectivity index (χ1) is 8.74. The van der Waals surface area contributed by atoms with Crippen LogP contribution in [-0.2, 0) is 4.74 Å². The van der Waals surface area contributed by atoms with Crippen LogP contribution in [0.25, 0.3) is 0 Å². The number of hydrogen-bond donors (Lipinski definition) is 2. The van der Waals surface area contributed by atoms with Crippen molar-refractivity contribution in [3.8, 4) is 5.75 Å². The minimum absolute atomic E-state index is 0.427. The summed E-state index contributed by atoms with van der Waals surface area (Å²) in [6.07, 6.45) is 3.47. The van der Waals surface area contributed by atoms with E-state index in [2.05, 4.69) is 6.92 Å². The molecule has 0 aliphatic rings. The lowest BCUT2D eigenvalue weighted by molar-refractivity contribution is 0.0973. The van der Waals surface area contributed by atoms with Gasteiger partial charge in [-0.05, 0) is 24.0 Å². The van der Waals surface area contributed by atoms with E-state index in [1.54, 1.807) is 24.3 Å². The fourth-order valence-corrected chi connectivity index (χ4v) is 1.54. The predicted molar refractivity (Wildman–Crippen MR) is 72.1 cm³/mol. The van der Waals surface area contributed by atoms with Crippen molar-refractivity contribution >= 4 is 12.6 Å². The number of ether oxygens (including phenoxy) is 2. The lowest BCUT2D eigenvalue weighted by Crippen LogP contribution is -2.29. The summed E-state index contributed by atoms with van der Waals surface area (Å²) in [6, 6.07) is 6.76. The van der Waals surface area contributed by atoms with E-state index in [0.29, 0.717) is 24.4 Å². The van der Waals surface area contributed by atoms with Crippen molar-refractivity contribution in [1.82, 2.24) is 0 Å². The van der Waals surface area contributed by atoms with Crippen LogP contribution in [-0.4, -0.2) is 37.0 Å². The summed E-state index contributed by atoms with van der Waals surface area (Å²) >= 11 is 0. The Morgan fingerprint density at radius 1 is 1.11 bits per heavy atom. The normalized spacial score (nSPS) is 10.4. The molecule has 1 rings (SSSR count). The van der Waals surface area contributed by atoms with Crippen molar-refractivity contribution in [2.75, 3.05) is 19.8 Å². The molecule has 1 aromatic rings. The average molecular weight is 252 g/mol. The number of unbranched alkanes of at least 4 members (excludes halogenated alkanes) is 2. The Morgan fingerprint density at radius 3 is 2.67 bits per heavy atom. The van der Waals surface area contributed by atoms with E-state index in [1.165, 1.54) is 12.8 Å². The summed E-state index contributed by atoms with van der Waals surface area (Å²) in [5, 5.41) is 18.0. The van der Waals surface area contributed by atoms with Crippen LogP contribution in [0.15, 0.2) is 24.3 Å². The van der Waals surface area contributed by atoms with Crippen LogP contribution >= 0.6 is 0 Å². The van der Waals surface area contributed by atoms with Gasteiger partial charge in [0, 0.05) is 6.61 Å². The van der Waals surface area contributed by atoms with Gasteiger partial charge in [0.25, 0.3) is 0 Å². The quantitative estimate of drug-likeness (QED) is 0.507. The van der Waals surface area contributed by atoms with Gasteiger partial charge in [-0.1, -0.05) is 31.9 Å². The summed E-state index contributed by atoms with van der Waals surface area (Å²) in [5.41, 5.74) is 0.427. The van der Waals surface area contributed by atoms with Crippen LogP contribution in [0.3, 0.4) is 0 Å². The highest BCUT2D eigenvalue weighted by Crippen LogP contribution is 2.07. The van der Waals surface area contributed by atoms with Crippen molar-refractivity contribution in [3.63, 3.8) is 0 Å². The first kappa shape index (κ1) is 15.0. The molecule has 0 spiro atoms. The number of benzene rings is 1. The SMILES string of the molecule is CCCCCOCCOc1cccc(B(O)O)c1. The second kappa shape index (κ2) is 8.97. The molecule has 0 bridgehead atoms. The summed E-state index contributed by atoms with van der Waals surface area (Å²) in [5.74, 6) is 0.623. The first-order valence-electron chi connectivity index (χ1n) is 6.40. The van der Waals surface area contributed by atoms with Gasteiger partial charge in [0.2, 0.25) is 0 Å². The molecular formula is C13H21BO4. The Kier molecular flexibility index (Phi) is 7.49. The molecule has 0 amide bonds. The van der Waals surface area contributed by atoms with Crippen LogP contribution in [0.2, 0.25) is 0 Å². The molecule has 2 N–H and O–H groups in total. The van der Waals surface area contributed by atoms with Crippen molar-refractivity contribution < 1.29 is 19.5 Å². The third-order valence-corrected chi connectivity index (χ3v) is 2.54. The summed E-state index contributed by atoms with van der Waals surface area (Å²) in [7, 11) is -1.46. The molecule has 0 saturated heterocycles. The Bertz CT molecular complexity index is 331. The van der Waals surface area contributed by atoms with Crippen LogP contribution in [0.1, 0.15) is 26.2 Å². The van der Waals surface area contributed by atoms with E-state index in [0.717, 1.165) is 13.0 Å². The molecule has 1 aromatic carbocycles. The lowest BCUT2D eigenvalue weighted by atomic mass is 9.80. The van der Waals surface area contributed by atoms with Gasteiger partial charge < -0.3 is 19.5 Å². The van der Waals surface area contributed by atoms with Gasteiger partial charge in [0.05, 0.1) is 6.61 Å². The zero-order valence-electron chi connectivity index (χ0n) is 10.8. The van der Waals surface area contributed by atoms with E-state index < -0.39 is 7.12 Å². The third kappa shape index (κ3) is 6.05. The lowest BCUT2D eigenvalue weighted by Gasteiger charge is -2.08. The molecule has 0 saturated carbocycles. The van der Waals surface area contributed by atoms with Crippen molar-refractivity contribution in [3.05, 3.63) is 24.3 Å². The number of rotatable bonds is 9. The van der Waals surface area contributed by atoms with Gasteiger partial charge in [-0.3, -0.25) is 0 Å². The molecule has 0 unspecified atom stereocenters. The van der Waals surface area contributed by atoms with Gasteiger partial charge in [-0.15, -0.1) is 0 Å². The number of hydrogen-bond acceptors (Lipinski definition) is 4. The maximum atomic E-state index is 9.02. The monoisotopic (exact) mass is 252 g/mol. The maximum Gasteiger partial charge on any atom is 0.488 e. The van der Waals surface area contributed by atoms with E-state index in [9.17, 15) is 0 Å². The van der Waals surface area contributed by atoms with E-state index in [1.807, 2.05) is 0 Å². The molecule has 18 heavy (non-hydrogen) atoms. The topological polar surface area (TPSA) is 58.9 Å². The fourth-order valence-electron chi connectivity index (χ4n) is 1.54. The van der Waals surface area contributed by atoms with Crippen molar-refractivity contribution in [2.45, 2.75) is 26.2 Å². The van der Waals surface area contributed by atoms with Gasteiger partial charge in [-0.25, -0.2) is 0 Å². The van der Waals surface area contributed by atoms with Gasteiger partial charge in [-0.2, -0.15) is 0 Å². The second-order valence-corrected chi connectivity index (χ2v) is 4.11. The molecule has 0 radical (unpaired) electrons. The van der Waals surface area contributed by atoms with Gasteiger partial charge in [0.1, 0.15) is 12.4 Å². The van der Waals surface area contributed by atoms with Gasteiger partial charge in [0.15, 0.2) is 0 Å². The highest BCUT2D eigenvalue weighted by molar-refractivity contribution is 6.58. The average Bonchev–Trinajstić information content (AvgIpc) is 2.38. The summed E-state index contributed by atoms with van der Waals surface area (Å²) in [4.78, 5) is 0. The fraction of sp³-hybridized carbons (Fsp3) is 0.538. The molecule has 0 aromatic heterocycles. The molecule has 0 aliphatic carbocycles. The smallest absolute Gasteiger partial charge is 0.488 e. The molecule has 0 atom stereocenters. The van der Waals surface area contributed by atoms with Gasteiger partial charge >= 0.3 is 7.12 Å². The molecule has 4 nitrogen and oxygen atoms in total. The Balaban J connectivity index is 2.17. The molecular weight excluding hydrogens is 231 g/mol. The largest absolute Gasteiger partial charge is 0.491 e. The minimum Gasteiger partial charge on any atom is -0.491 e.